The van der Waals surface area contributed by atoms with Crippen molar-refractivity contribution in [3.05, 3.63) is 0 Å². The molecule has 0 aromatic heterocycles. The Balaban J connectivity index is 1.76. The van der Waals surface area contributed by atoms with E-state index in [4.69, 9.17) is 4.74 Å². The predicted octanol–water partition coefficient (Wildman–Crippen LogP) is 0.233. The van der Waals surface area contributed by atoms with E-state index in [0.29, 0.717) is 18.9 Å². The second-order valence-corrected chi connectivity index (χ2v) is 4.66. The lowest BCUT2D eigenvalue weighted by atomic mass is 10.1. The van der Waals surface area contributed by atoms with Crippen LogP contribution >= 0.6 is 0 Å². The number of morpholine rings is 1. The Morgan fingerprint density at radius 3 is 3.07 bits per heavy atom. The van der Waals surface area contributed by atoms with E-state index in [0.717, 1.165) is 32.7 Å². The maximum atomic E-state index is 11.9. The van der Waals surface area contributed by atoms with Crippen molar-refractivity contribution < 1.29 is 9.53 Å². The summed E-state index contributed by atoms with van der Waals surface area (Å²) in [6.07, 6.45) is 1.74. The van der Waals surface area contributed by atoms with E-state index < -0.39 is 0 Å². The van der Waals surface area contributed by atoms with E-state index >= 15 is 0 Å². The molecule has 0 saturated carbocycles. The van der Waals surface area contributed by atoms with Gasteiger partial charge < -0.3 is 15.0 Å². The van der Waals surface area contributed by atoms with E-state index in [-0.39, 0.29) is 11.9 Å². The molecule has 0 aromatic rings. The summed E-state index contributed by atoms with van der Waals surface area (Å²) in [6.45, 7) is 6.39. The lowest BCUT2D eigenvalue weighted by Crippen LogP contribution is -2.44. The quantitative estimate of drug-likeness (QED) is 0.712. The number of amides is 1. The molecule has 2 atom stereocenters. The first kappa shape index (κ1) is 10.9. The highest BCUT2D eigenvalue weighted by Crippen LogP contribution is 2.16. The van der Waals surface area contributed by atoms with Gasteiger partial charge in [0.2, 0.25) is 5.91 Å². The van der Waals surface area contributed by atoms with Crippen LogP contribution in [0.25, 0.3) is 0 Å². The Bertz CT molecular complexity index is 227. The maximum Gasteiger partial charge on any atom is 0.224 e. The fourth-order valence-corrected chi connectivity index (χ4v) is 2.25. The Morgan fingerprint density at radius 2 is 2.47 bits per heavy atom. The summed E-state index contributed by atoms with van der Waals surface area (Å²) in [5.74, 6) is 0.951. The van der Waals surface area contributed by atoms with Gasteiger partial charge in [-0.25, -0.2) is 0 Å². The molecule has 4 heteroatoms. The third-order valence-corrected chi connectivity index (χ3v) is 3.20. The lowest BCUT2D eigenvalue weighted by molar-refractivity contribution is -0.131. The zero-order valence-electron chi connectivity index (χ0n) is 9.37. The largest absolute Gasteiger partial charge is 0.378 e. The van der Waals surface area contributed by atoms with Gasteiger partial charge in [0, 0.05) is 32.1 Å². The molecule has 0 bridgehead atoms. The van der Waals surface area contributed by atoms with Crippen LogP contribution in [-0.4, -0.2) is 49.7 Å². The summed E-state index contributed by atoms with van der Waals surface area (Å²) >= 11 is 0. The van der Waals surface area contributed by atoms with E-state index in [1.807, 2.05) is 4.90 Å². The molecule has 0 radical (unpaired) electrons. The van der Waals surface area contributed by atoms with Crippen molar-refractivity contribution >= 4 is 5.91 Å². The third kappa shape index (κ3) is 2.92. The summed E-state index contributed by atoms with van der Waals surface area (Å²) in [5, 5.41) is 3.31. The van der Waals surface area contributed by atoms with Crippen LogP contribution in [0.2, 0.25) is 0 Å². The first-order valence-corrected chi connectivity index (χ1v) is 5.84. The number of carbonyl (C=O) groups is 1. The zero-order valence-corrected chi connectivity index (χ0v) is 9.37. The van der Waals surface area contributed by atoms with E-state index in [1.165, 1.54) is 0 Å². The van der Waals surface area contributed by atoms with Gasteiger partial charge in [0.15, 0.2) is 0 Å². The van der Waals surface area contributed by atoms with Crippen LogP contribution in [0, 0.1) is 5.92 Å². The Morgan fingerprint density at radius 1 is 1.60 bits per heavy atom. The maximum absolute atomic E-state index is 11.9. The van der Waals surface area contributed by atoms with E-state index in [2.05, 4.69) is 12.2 Å². The highest BCUT2D eigenvalue weighted by molar-refractivity contribution is 5.77. The molecule has 2 rings (SSSR count). The zero-order chi connectivity index (χ0) is 10.7. The number of rotatable bonds is 2. The number of nitrogens with zero attached hydrogens (tertiary/aromatic N) is 1. The van der Waals surface area contributed by atoms with Gasteiger partial charge in [0.05, 0.1) is 13.2 Å². The van der Waals surface area contributed by atoms with Crippen LogP contribution in [-0.2, 0) is 9.53 Å². The summed E-state index contributed by atoms with van der Waals surface area (Å²) in [5.41, 5.74) is 0. The Kier molecular flexibility index (Phi) is 3.59. The van der Waals surface area contributed by atoms with Gasteiger partial charge in [-0.3, -0.25) is 4.79 Å². The second-order valence-electron chi connectivity index (χ2n) is 4.66. The summed E-state index contributed by atoms with van der Waals surface area (Å²) in [7, 11) is 0. The van der Waals surface area contributed by atoms with Crippen LogP contribution in [0.5, 0.6) is 0 Å². The van der Waals surface area contributed by atoms with Gasteiger partial charge in [0.25, 0.3) is 0 Å². The van der Waals surface area contributed by atoms with Crippen LogP contribution in [0.4, 0.5) is 0 Å². The SMILES string of the molecule is CC1CCN(C(=O)CC2COCCN2)C1. The summed E-state index contributed by atoms with van der Waals surface area (Å²) in [6, 6.07) is 0.224. The standard InChI is InChI=1S/C11H20N2O2/c1-9-2-4-13(7-9)11(14)6-10-8-15-5-3-12-10/h9-10,12H,2-8H2,1H3. The second kappa shape index (κ2) is 4.94. The van der Waals surface area contributed by atoms with Crippen LogP contribution in [0.15, 0.2) is 0 Å². The molecule has 2 saturated heterocycles. The Labute approximate surface area is 91.0 Å². The first-order chi connectivity index (χ1) is 7.25. The minimum absolute atomic E-state index is 0.224. The van der Waals surface area contributed by atoms with Crippen molar-refractivity contribution in [1.82, 2.24) is 10.2 Å². The molecule has 15 heavy (non-hydrogen) atoms. The molecule has 2 fully saturated rings. The first-order valence-electron chi connectivity index (χ1n) is 5.84. The van der Waals surface area contributed by atoms with Crippen molar-refractivity contribution in [2.24, 2.45) is 5.92 Å². The van der Waals surface area contributed by atoms with E-state index in [1.54, 1.807) is 0 Å². The number of carbonyl (C=O) groups excluding carboxylic acids is 1. The number of hydrogen-bond acceptors (Lipinski definition) is 3. The minimum atomic E-state index is 0.224. The molecule has 0 spiro atoms. The molecular weight excluding hydrogens is 192 g/mol. The lowest BCUT2D eigenvalue weighted by Gasteiger charge is -2.25. The molecule has 86 valence electrons. The average molecular weight is 212 g/mol. The highest BCUT2D eigenvalue weighted by atomic mass is 16.5. The number of hydrogen-bond donors (Lipinski definition) is 1. The molecule has 2 heterocycles. The normalized spacial score (nSPS) is 31.9. The highest BCUT2D eigenvalue weighted by Gasteiger charge is 2.25. The molecule has 2 aliphatic heterocycles. The number of nitrogens with one attached hydrogen (secondary N) is 1. The number of likely N-dealkylation sites (tertiary alicyclic amines) is 1. The summed E-state index contributed by atoms with van der Waals surface area (Å²) < 4.78 is 5.33. The van der Waals surface area contributed by atoms with Gasteiger partial charge in [-0.2, -0.15) is 0 Å². The molecule has 1 N–H and O–H groups in total. The van der Waals surface area contributed by atoms with Gasteiger partial charge in [-0.15, -0.1) is 0 Å². The summed E-state index contributed by atoms with van der Waals surface area (Å²) in [4.78, 5) is 13.9. The van der Waals surface area contributed by atoms with Crippen molar-refractivity contribution in [2.75, 3.05) is 32.8 Å². The van der Waals surface area contributed by atoms with Crippen molar-refractivity contribution in [1.29, 1.82) is 0 Å². The van der Waals surface area contributed by atoms with Gasteiger partial charge in [-0.1, -0.05) is 6.92 Å². The molecule has 0 aliphatic carbocycles. The van der Waals surface area contributed by atoms with Crippen LogP contribution in [0.3, 0.4) is 0 Å². The molecular formula is C11H20N2O2. The molecule has 2 aliphatic rings. The van der Waals surface area contributed by atoms with Crippen LogP contribution in [0.1, 0.15) is 19.8 Å². The van der Waals surface area contributed by atoms with Gasteiger partial charge >= 0.3 is 0 Å². The fourth-order valence-electron chi connectivity index (χ4n) is 2.25. The molecule has 4 nitrogen and oxygen atoms in total. The Hall–Kier alpha value is -0.610. The van der Waals surface area contributed by atoms with Gasteiger partial charge in [0.1, 0.15) is 0 Å². The third-order valence-electron chi connectivity index (χ3n) is 3.20. The van der Waals surface area contributed by atoms with Crippen LogP contribution < -0.4 is 5.32 Å². The van der Waals surface area contributed by atoms with E-state index in [9.17, 15) is 4.79 Å². The predicted molar refractivity (Wildman–Crippen MR) is 57.6 cm³/mol. The molecule has 1 amide bonds. The molecule has 0 aromatic carbocycles. The topological polar surface area (TPSA) is 41.6 Å². The van der Waals surface area contributed by atoms with Gasteiger partial charge in [-0.05, 0) is 12.3 Å². The average Bonchev–Trinajstić information content (AvgIpc) is 2.66. The van der Waals surface area contributed by atoms with Crippen molar-refractivity contribution in [3.8, 4) is 0 Å². The van der Waals surface area contributed by atoms with Crippen molar-refractivity contribution in [2.45, 2.75) is 25.8 Å². The number of ether oxygens (including phenoxy) is 1. The smallest absolute Gasteiger partial charge is 0.224 e. The minimum Gasteiger partial charge on any atom is -0.378 e. The van der Waals surface area contributed by atoms with Crippen molar-refractivity contribution in [3.63, 3.8) is 0 Å². The molecule has 2 unspecified atom stereocenters. The fraction of sp³-hybridized carbons (Fsp3) is 0.909. The monoisotopic (exact) mass is 212 g/mol.